The fourth-order valence-corrected chi connectivity index (χ4v) is 3.13. The molecule has 0 aliphatic carbocycles. The molecule has 0 unspecified atom stereocenters. The fourth-order valence-electron chi connectivity index (χ4n) is 3.13. The molecule has 2 aromatic rings. The number of rotatable bonds is 5. The molecule has 126 valence electrons. The average molecular weight is 326 g/mol. The largest absolute Gasteiger partial charge is 0.310 e. The summed E-state index contributed by atoms with van der Waals surface area (Å²) in [5, 5.41) is 3.23. The Morgan fingerprint density at radius 3 is 2.33 bits per heavy atom. The average Bonchev–Trinajstić information content (AvgIpc) is 2.56. The predicted molar refractivity (Wildman–Crippen MR) is 95.1 cm³/mol. The highest BCUT2D eigenvalue weighted by molar-refractivity contribution is 6.26. The van der Waals surface area contributed by atoms with E-state index in [4.69, 9.17) is 5.84 Å². The van der Waals surface area contributed by atoms with Crippen molar-refractivity contribution in [3.05, 3.63) is 41.5 Å². The summed E-state index contributed by atoms with van der Waals surface area (Å²) in [6.45, 7) is 1.63. The van der Waals surface area contributed by atoms with E-state index >= 15 is 0 Å². The molecule has 0 bridgehead atoms. The van der Waals surface area contributed by atoms with E-state index < -0.39 is 0 Å². The maximum atomic E-state index is 12.4. The number of nitrogens with zero attached hydrogens (tertiary/aromatic N) is 3. The maximum Gasteiger partial charge on any atom is 0.261 e. The van der Waals surface area contributed by atoms with Gasteiger partial charge in [-0.25, -0.2) is 5.84 Å². The lowest BCUT2D eigenvalue weighted by molar-refractivity contribution is 0.0650. The van der Waals surface area contributed by atoms with Gasteiger partial charge in [-0.1, -0.05) is 12.1 Å². The summed E-state index contributed by atoms with van der Waals surface area (Å²) in [5.74, 6) is 5.69. The van der Waals surface area contributed by atoms with E-state index in [9.17, 15) is 9.59 Å². The van der Waals surface area contributed by atoms with Crippen LogP contribution in [0.3, 0.4) is 0 Å². The number of benzene rings is 2. The number of carbonyl (C=O) groups is 2. The fraction of sp³-hybridized carbons (Fsp3) is 0.333. The van der Waals surface area contributed by atoms with Crippen LogP contribution in [0.4, 0.5) is 5.69 Å². The molecule has 2 amide bonds. The first-order chi connectivity index (χ1) is 11.4. The molecule has 2 aromatic carbocycles. The van der Waals surface area contributed by atoms with Crippen LogP contribution in [0.15, 0.2) is 30.3 Å². The zero-order valence-corrected chi connectivity index (χ0v) is 14.2. The zero-order chi connectivity index (χ0) is 17.4. The molecule has 0 aromatic heterocycles. The highest BCUT2D eigenvalue weighted by Crippen LogP contribution is 2.34. The van der Waals surface area contributed by atoms with E-state index in [0.29, 0.717) is 23.1 Å². The molecule has 0 atom stereocenters. The maximum absolute atomic E-state index is 12.4. The summed E-state index contributed by atoms with van der Waals surface area (Å²) < 4.78 is 0. The van der Waals surface area contributed by atoms with Gasteiger partial charge in [0.05, 0.1) is 5.69 Å². The number of hydrogen-bond acceptors (Lipinski definition) is 5. The van der Waals surface area contributed by atoms with Gasteiger partial charge in [-0.15, -0.1) is 0 Å². The first kappa shape index (κ1) is 16.4. The van der Waals surface area contributed by atoms with Crippen LogP contribution in [0.2, 0.25) is 0 Å². The van der Waals surface area contributed by atoms with Crippen LogP contribution in [0.1, 0.15) is 27.1 Å². The second kappa shape index (κ2) is 6.22. The Morgan fingerprint density at radius 1 is 1.00 bits per heavy atom. The van der Waals surface area contributed by atoms with Crippen molar-refractivity contribution in [1.29, 1.82) is 0 Å². The number of amides is 2. The third-order valence-corrected chi connectivity index (χ3v) is 4.40. The molecule has 24 heavy (non-hydrogen) atoms. The summed E-state index contributed by atoms with van der Waals surface area (Å²) in [7, 11) is 5.56. The molecule has 2 N–H and O–H groups in total. The van der Waals surface area contributed by atoms with Gasteiger partial charge in [0.1, 0.15) is 0 Å². The van der Waals surface area contributed by atoms with Crippen LogP contribution in [0.5, 0.6) is 0 Å². The molecule has 6 heteroatoms. The van der Waals surface area contributed by atoms with Crippen LogP contribution in [0, 0.1) is 0 Å². The van der Waals surface area contributed by atoms with Crippen LogP contribution < -0.4 is 10.9 Å². The van der Waals surface area contributed by atoms with Crippen molar-refractivity contribution in [2.75, 3.05) is 39.2 Å². The molecule has 0 saturated carbocycles. The van der Waals surface area contributed by atoms with Crippen molar-refractivity contribution in [2.45, 2.75) is 6.42 Å². The lowest BCUT2D eigenvalue weighted by atomic mass is 9.93. The summed E-state index contributed by atoms with van der Waals surface area (Å²) in [6, 6.07) is 9.13. The van der Waals surface area contributed by atoms with E-state index in [1.807, 2.05) is 32.3 Å². The van der Waals surface area contributed by atoms with Crippen molar-refractivity contribution in [2.24, 2.45) is 5.84 Å². The Kier molecular flexibility index (Phi) is 4.26. The van der Waals surface area contributed by atoms with Crippen LogP contribution in [0.25, 0.3) is 10.8 Å². The molecule has 3 rings (SSSR count). The van der Waals surface area contributed by atoms with Crippen molar-refractivity contribution in [3.8, 4) is 0 Å². The van der Waals surface area contributed by atoms with Crippen molar-refractivity contribution in [1.82, 2.24) is 9.80 Å². The second-order valence-corrected chi connectivity index (χ2v) is 6.38. The minimum atomic E-state index is -0.272. The van der Waals surface area contributed by atoms with Crippen molar-refractivity contribution >= 4 is 28.3 Å². The Bertz CT molecular complexity index is 794. The molecular weight excluding hydrogens is 304 g/mol. The van der Waals surface area contributed by atoms with Crippen LogP contribution >= 0.6 is 0 Å². The first-order valence-corrected chi connectivity index (χ1v) is 7.97. The van der Waals surface area contributed by atoms with E-state index in [2.05, 4.69) is 4.90 Å². The molecule has 6 nitrogen and oxygen atoms in total. The van der Waals surface area contributed by atoms with E-state index in [-0.39, 0.29) is 11.8 Å². The minimum absolute atomic E-state index is 0.272. The molecule has 1 heterocycles. The summed E-state index contributed by atoms with van der Waals surface area (Å²) in [5.41, 5.74) is 1.93. The van der Waals surface area contributed by atoms with E-state index in [1.165, 1.54) is 7.05 Å². The quantitative estimate of drug-likeness (QED) is 0.514. The molecular formula is C18H22N4O2. The predicted octanol–water partition coefficient (Wildman–Crippen LogP) is 1.70. The summed E-state index contributed by atoms with van der Waals surface area (Å²) in [4.78, 5) is 28.1. The Morgan fingerprint density at radius 2 is 1.67 bits per heavy atom. The Balaban J connectivity index is 2.05. The van der Waals surface area contributed by atoms with Gasteiger partial charge in [0.15, 0.2) is 0 Å². The van der Waals surface area contributed by atoms with Gasteiger partial charge in [0.2, 0.25) is 0 Å². The van der Waals surface area contributed by atoms with E-state index in [1.54, 1.807) is 17.1 Å². The third-order valence-electron chi connectivity index (χ3n) is 4.40. The van der Waals surface area contributed by atoms with Crippen molar-refractivity contribution in [3.63, 3.8) is 0 Å². The van der Waals surface area contributed by atoms with Gasteiger partial charge in [-0.3, -0.25) is 14.5 Å². The zero-order valence-electron chi connectivity index (χ0n) is 14.2. The first-order valence-electron chi connectivity index (χ1n) is 7.97. The molecule has 0 radical (unpaired) electrons. The third kappa shape index (κ3) is 2.64. The number of nitrogens with two attached hydrogens (primary N) is 1. The number of imide groups is 1. The number of hydrazine groups is 1. The number of hydrogen-bond donors (Lipinski definition) is 1. The molecule has 0 saturated heterocycles. The lowest BCUT2D eigenvalue weighted by Gasteiger charge is -2.27. The van der Waals surface area contributed by atoms with Crippen molar-refractivity contribution < 1.29 is 9.59 Å². The summed E-state index contributed by atoms with van der Waals surface area (Å²) in [6.07, 6.45) is 0.924. The van der Waals surface area contributed by atoms with Gasteiger partial charge in [-0.2, -0.15) is 0 Å². The van der Waals surface area contributed by atoms with Gasteiger partial charge in [0, 0.05) is 35.5 Å². The van der Waals surface area contributed by atoms with Crippen LogP contribution in [-0.2, 0) is 0 Å². The number of carbonyl (C=O) groups excluding carboxylic acids is 2. The minimum Gasteiger partial charge on any atom is -0.310 e. The highest BCUT2D eigenvalue weighted by Gasteiger charge is 2.30. The summed E-state index contributed by atoms with van der Waals surface area (Å²) >= 11 is 0. The monoisotopic (exact) mass is 326 g/mol. The van der Waals surface area contributed by atoms with Gasteiger partial charge in [-0.05, 0) is 45.3 Å². The molecule has 1 aliphatic heterocycles. The second-order valence-electron chi connectivity index (χ2n) is 6.38. The highest BCUT2D eigenvalue weighted by atomic mass is 16.2. The normalized spacial score (nSPS) is 14.0. The van der Waals surface area contributed by atoms with Gasteiger partial charge < -0.3 is 9.91 Å². The van der Waals surface area contributed by atoms with E-state index in [0.717, 1.165) is 28.9 Å². The Labute approximate surface area is 141 Å². The lowest BCUT2D eigenvalue weighted by Crippen LogP contribution is -2.37. The van der Waals surface area contributed by atoms with Crippen LogP contribution in [-0.4, -0.2) is 55.8 Å². The SMILES string of the molecule is CN(C)CCCN(N)c1ccc2c3c(cccc13)C(=O)N(C)C2=O. The topological polar surface area (TPSA) is 69.9 Å². The number of anilines is 1. The smallest absolute Gasteiger partial charge is 0.261 e. The Hall–Kier alpha value is -2.44. The van der Waals surface area contributed by atoms with Gasteiger partial charge in [0.25, 0.3) is 11.8 Å². The standard InChI is InChI=1S/C18H22N4O2/c1-20(2)10-5-11-22(19)15-9-8-14-16-12(15)6-4-7-13(16)17(23)21(3)18(14)24/h4,6-9H,5,10-11,19H2,1-3H3. The molecule has 1 aliphatic rings. The molecule has 0 fully saturated rings. The molecule has 0 spiro atoms. The van der Waals surface area contributed by atoms with Gasteiger partial charge >= 0.3 is 0 Å².